The van der Waals surface area contributed by atoms with Crippen LogP contribution in [0.25, 0.3) is 0 Å². The highest BCUT2D eigenvalue weighted by Gasteiger charge is 2.29. The third-order valence-electron chi connectivity index (χ3n) is 2.63. The highest BCUT2D eigenvalue weighted by molar-refractivity contribution is 6.00. The SMILES string of the molecule is CCN(CC)C(=O)N(CC)C(=O)N(CC)C(N)=O. The maximum atomic E-state index is 12.1. The molecule has 18 heavy (non-hydrogen) atoms. The molecular weight excluding hydrogens is 236 g/mol. The minimum atomic E-state index is -0.853. The van der Waals surface area contributed by atoms with Crippen LogP contribution in [0, 0.1) is 0 Å². The molecular formula is C11H22N4O3. The molecule has 0 fully saturated rings. The van der Waals surface area contributed by atoms with Crippen LogP contribution in [-0.4, -0.2) is 59.0 Å². The van der Waals surface area contributed by atoms with Gasteiger partial charge >= 0.3 is 18.1 Å². The number of amides is 6. The van der Waals surface area contributed by atoms with E-state index >= 15 is 0 Å². The number of carbonyl (C=O) groups excluding carboxylic acids is 3. The molecule has 0 bridgehead atoms. The number of hydrogen-bond donors (Lipinski definition) is 1. The Morgan fingerprint density at radius 2 is 1.22 bits per heavy atom. The van der Waals surface area contributed by atoms with Crippen LogP contribution < -0.4 is 5.73 Å². The van der Waals surface area contributed by atoms with E-state index in [2.05, 4.69) is 0 Å². The Bertz CT molecular complexity index is 315. The number of nitrogens with two attached hydrogens (primary N) is 1. The second-order valence-corrected chi connectivity index (χ2v) is 3.56. The number of imide groups is 2. The van der Waals surface area contributed by atoms with Gasteiger partial charge in [-0.3, -0.25) is 0 Å². The molecule has 7 heteroatoms. The second-order valence-electron chi connectivity index (χ2n) is 3.56. The number of primary amides is 1. The van der Waals surface area contributed by atoms with Gasteiger partial charge in [-0.25, -0.2) is 24.2 Å². The summed E-state index contributed by atoms with van der Waals surface area (Å²) in [5.74, 6) is 0. The van der Waals surface area contributed by atoms with Crippen molar-refractivity contribution in [3.05, 3.63) is 0 Å². The molecule has 0 aromatic rings. The average Bonchev–Trinajstić information content (AvgIpc) is 2.31. The van der Waals surface area contributed by atoms with Gasteiger partial charge in [0.1, 0.15) is 0 Å². The minimum Gasteiger partial charge on any atom is -0.351 e. The van der Waals surface area contributed by atoms with Crippen LogP contribution in [-0.2, 0) is 0 Å². The molecule has 0 rings (SSSR count). The molecule has 0 aliphatic heterocycles. The fourth-order valence-corrected chi connectivity index (χ4v) is 1.55. The van der Waals surface area contributed by atoms with Gasteiger partial charge in [0.05, 0.1) is 0 Å². The molecule has 0 aromatic carbocycles. The molecule has 0 aromatic heterocycles. The summed E-state index contributed by atoms with van der Waals surface area (Å²) in [6, 6.07) is -1.94. The Morgan fingerprint density at radius 1 is 0.778 bits per heavy atom. The smallest absolute Gasteiger partial charge is 0.336 e. The van der Waals surface area contributed by atoms with Gasteiger partial charge in [-0.1, -0.05) is 0 Å². The van der Waals surface area contributed by atoms with Crippen molar-refractivity contribution in [3.8, 4) is 0 Å². The summed E-state index contributed by atoms with van der Waals surface area (Å²) in [5, 5.41) is 0. The molecule has 0 atom stereocenters. The monoisotopic (exact) mass is 258 g/mol. The summed E-state index contributed by atoms with van der Waals surface area (Å²) >= 11 is 0. The van der Waals surface area contributed by atoms with E-state index in [0.29, 0.717) is 13.1 Å². The van der Waals surface area contributed by atoms with Crippen molar-refractivity contribution in [1.29, 1.82) is 0 Å². The largest absolute Gasteiger partial charge is 0.351 e. The summed E-state index contributed by atoms with van der Waals surface area (Å²) in [6.45, 7) is 8.28. The molecule has 0 heterocycles. The molecule has 104 valence electrons. The lowest BCUT2D eigenvalue weighted by Crippen LogP contribution is -2.53. The zero-order valence-corrected chi connectivity index (χ0v) is 11.5. The van der Waals surface area contributed by atoms with E-state index in [1.54, 1.807) is 13.8 Å². The van der Waals surface area contributed by atoms with Gasteiger partial charge in [0.2, 0.25) is 0 Å². The first kappa shape index (κ1) is 16.2. The van der Waals surface area contributed by atoms with E-state index < -0.39 is 18.1 Å². The first-order chi connectivity index (χ1) is 8.44. The Morgan fingerprint density at radius 3 is 1.50 bits per heavy atom. The van der Waals surface area contributed by atoms with Gasteiger partial charge in [-0.2, -0.15) is 0 Å². The summed E-state index contributed by atoms with van der Waals surface area (Å²) < 4.78 is 0. The third kappa shape index (κ3) is 3.61. The Balaban J connectivity index is 5.02. The van der Waals surface area contributed by atoms with E-state index in [-0.39, 0.29) is 13.1 Å². The number of hydrogen-bond acceptors (Lipinski definition) is 3. The van der Waals surface area contributed by atoms with Crippen LogP contribution in [0.5, 0.6) is 0 Å². The number of urea groups is 3. The third-order valence-corrected chi connectivity index (χ3v) is 2.63. The molecule has 0 unspecified atom stereocenters. The van der Waals surface area contributed by atoms with Crippen molar-refractivity contribution >= 4 is 18.1 Å². The summed E-state index contributed by atoms with van der Waals surface area (Å²) in [6.07, 6.45) is 0. The maximum absolute atomic E-state index is 12.1. The lowest BCUT2D eigenvalue weighted by Gasteiger charge is -2.29. The lowest BCUT2D eigenvalue weighted by atomic mass is 10.4. The fourth-order valence-electron chi connectivity index (χ4n) is 1.55. The van der Waals surface area contributed by atoms with Gasteiger partial charge in [-0.05, 0) is 27.7 Å². The summed E-state index contributed by atoms with van der Waals surface area (Å²) in [4.78, 5) is 38.6. The molecule has 6 amide bonds. The fraction of sp³-hybridized carbons (Fsp3) is 0.727. The minimum absolute atomic E-state index is 0.135. The lowest BCUT2D eigenvalue weighted by molar-refractivity contribution is 0.143. The zero-order chi connectivity index (χ0) is 14.3. The molecule has 0 spiro atoms. The number of carbonyl (C=O) groups is 3. The van der Waals surface area contributed by atoms with Gasteiger partial charge in [-0.15, -0.1) is 0 Å². The topological polar surface area (TPSA) is 87.0 Å². The van der Waals surface area contributed by atoms with E-state index in [4.69, 9.17) is 5.73 Å². The van der Waals surface area contributed by atoms with Crippen molar-refractivity contribution in [2.24, 2.45) is 5.73 Å². The first-order valence-electron chi connectivity index (χ1n) is 6.11. The predicted molar refractivity (Wildman–Crippen MR) is 68.1 cm³/mol. The summed E-state index contributed by atoms with van der Waals surface area (Å²) in [7, 11) is 0. The van der Waals surface area contributed by atoms with Crippen molar-refractivity contribution < 1.29 is 14.4 Å². The highest BCUT2D eigenvalue weighted by Crippen LogP contribution is 2.04. The van der Waals surface area contributed by atoms with E-state index in [1.807, 2.05) is 13.8 Å². The number of rotatable bonds is 4. The van der Waals surface area contributed by atoms with Crippen molar-refractivity contribution in [2.45, 2.75) is 27.7 Å². The summed E-state index contributed by atoms with van der Waals surface area (Å²) in [5.41, 5.74) is 5.10. The molecule has 0 saturated heterocycles. The van der Waals surface area contributed by atoms with Crippen LogP contribution >= 0.6 is 0 Å². The van der Waals surface area contributed by atoms with E-state index in [9.17, 15) is 14.4 Å². The van der Waals surface area contributed by atoms with Crippen molar-refractivity contribution in [1.82, 2.24) is 14.7 Å². The Kier molecular flexibility index (Phi) is 6.77. The zero-order valence-electron chi connectivity index (χ0n) is 11.5. The first-order valence-corrected chi connectivity index (χ1v) is 6.11. The highest BCUT2D eigenvalue weighted by atomic mass is 16.2. The van der Waals surface area contributed by atoms with Crippen molar-refractivity contribution in [3.63, 3.8) is 0 Å². The normalized spacial score (nSPS) is 9.78. The quantitative estimate of drug-likeness (QED) is 0.824. The van der Waals surface area contributed by atoms with Gasteiger partial charge in [0, 0.05) is 26.2 Å². The molecule has 7 nitrogen and oxygen atoms in total. The second kappa shape index (κ2) is 7.52. The van der Waals surface area contributed by atoms with Gasteiger partial charge < -0.3 is 10.6 Å². The van der Waals surface area contributed by atoms with Gasteiger partial charge in [0.15, 0.2) is 0 Å². The van der Waals surface area contributed by atoms with Crippen LogP contribution in [0.1, 0.15) is 27.7 Å². The van der Waals surface area contributed by atoms with Crippen LogP contribution in [0.15, 0.2) is 0 Å². The molecule has 0 aliphatic carbocycles. The maximum Gasteiger partial charge on any atom is 0.336 e. The predicted octanol–water partition coefficient (Wildman–Crippen LogP) is 1.29. The molecule has 2 N–H and O–H groups in total. The van der Waals surface area contributed by atoms with E-state index in [1.165, 1.54) is 4.90 Å². The Hall–Kier alpha value is -1.79. The van der Waals surface area contributed by atoms with Crippen LogP contribution in [0.3, 0.4) is 0 Å². The molecule has 0 aliphatic rings. The standard InChI is InChI=1S/C11H22N4O3/c1-5-13(6-2)10(17)15(8-4)11(18)14(7-3)9(12)16/h5-8H2,1-4H3,(H2,12,16). The van der Waals surface area contributed by atoms with Gasteiger partial charge in [0.25, 0.3) is 0 Å². The van der Waals surface area contributed by atoms with Crippen LogP contribution in [0.2, 0.25) is 0 Å². The van der Waals surface area contributed by atoms with Crippen molar-refractivity contribution in [2.75, 3.05) is 26.2 Å². The number of nitrogens with zero attached hydrogens (tertiary/aromatic N) is 3. The average molecular weight is 258 g/mol. The Labute approximate surface area is 107 Å². The molecule has 0 saturated carbocycles. The van der Waals surface area contributed by atoms with E-state index in [0.717, 1.165) is 9.80 Å². The van der Waals surface area contributed by atoms with Crippen LogP contribution in [0.4, 0.5) is 14.4 Å². The molecule has 0 radical (unpaired) electrons.